The van der Waals surface area contributed by atoms with Crippen molar-refractivity contribution >= 4 is 29.5 Å². The standard InChI is InChI=1S/C9H7Cl2FO/c10-7-4-6(2-1-3-13)9(11)8(12)5-7/h3-5H,1-2H2. The third-order valence-electron chi connectivity index (χ3n) is 1.60. The molecule has 0 spiro atoms. The molecule has 0 aromatic heterocycles. The lowest BCUT2D eigenvalue weighted by atomic mass is 10.1. The summed E-state index contributed by atoms with van der Waals surface area (Å²) in [5.41, 5.74) is 0.568. The Bertz CT molecular complexity index is 326. The molecule has 0 atom stereocenters. The van der Waals surface area contributed by atoms with Crippen LogP contribution < -0.4 is 0 Å². The minimum absolute atomic E-state index is 0.0475. The number of aldehydes is 1. The van der Waals surface area contributed by atoms with Gasteiger partial charge in [0.05, 0.1) is 5.02 Å². The van der Waals surface area contributed by atoms with Crippen molar-refractivity contribution in [1.82, 2.24) is 0 Å². The minimum atomic E-state index is -0.546. The van der Waals surface area contributed by atoms with Crippen LogP contribution in [0.15, 0.2) is 12.1 Å². The van der Waals surface area contributed by atoms with Gasteiger partial charge in [-0.25, -0.2) is 4.39 Å². The second-order valence-electron chi connectivity index (χ2n) is 2.57. The lowest BCUT2D eigenvalue weighted by molar-refractivity contribution is -0.107. The predicted octanol–water partition coefficient (Wildman–Crippen LogP) is 3.26. The second-order valence-corrected chi connectivity index (χ2v) is 3.38. The van der Waals surface area contributed by atoms with Crippen LogP contribution in [0.3, 0.4) is 0 Å². The van der Waals surface area contributed by atoms with Crippen molar-refractivity contribution in [2.24, 2.45) is 0 Å². The molecular weight excluding hydrogens is 214 g/mol. The molecule has 1 nitrogen and oxygen atoms in total. The molecule has 0 unspecified atom stereocenters. The zero-order valence-corrected chi connectivity index (χ0v) is 8.20. The molecule has 0 aliphatic carbocycles. The maximum atomic E-state index is 13.0. The second kappa shape index (κ2) is 4.58. The molecule has 0 heterocycles. The molecule has 1 aromatic rings. The maximum absolute atomic E-state index is 13.0. The van der Waals surface area contributed by atoms with E-state index < -0.39 is 5.82 Å². The highest BCUT2D eigenvalue weighted by Gasteiger charge is 2.07. The van der Waals surface area contributed by atoms with Crippen molar-refractivity contribution in [2.75, 3.05) is 0 Å². The number of carbonyl (C=O) groups excluding carboxylic acids is 1. The molecule has 0 amide bonds. The van der Waals surface area contributed by atoms with Crippen molar-refractivity contribution in [2.45, 2.75) is 12.8 Å². The van der Waals surface area contributed by atoms with Gasteiger partial charge in [0, 0.05) is 11.4 Å². The Morgan fingerprint density at radius 1 is 1.38 bits per heavy atom. The lowest BCUT2D eigenvalue weighted by Gasteiger charge is -2.03. The van der Waals surface area contributed by atoms with E-state index in [2.05, 4.69) is 0 Å². The third kappa shape index (κ3) is 2.68. The molecule has 1 rings (SSSR count). The summed E-state index contributed by atoms with van der Waals surface area (Å²) in [4.78, 5) is 10.1. The van der Waals surface area contributed by atoms with E-state index in [0.29, 0.717) is 23.4 Å². The average Bonchev–Trinajstić information content (AvgIpc) is 2.09. The van der Waals surface area contributed by atoms with Gasteiger partial charge >= 0.3 is 0 Å². The first-order valence-electron chi connectivity index (χ1n) is 3.72. The fourth-order valence-electron chi connectivity index (χ4n) is 1.01. The lowest BCUT2D eigenvalue weighted by Crippen LogP contribution is -1.90. The molecule has 0 radical (unpaired) electrons. The summed E-state index contributed by atoms with van der Waals surface area (Å²) in [5, 5.41) is 0.342. The first-order chi connectivity index (χ1) is 6.15. The van der Waals surface area contributed by atoms with Gasteiger partial charge in [-0.3, -0.25) is 0 Å². The number of carbonyl (C=O) groups is 1. The number of rotatable bonds is 3. The number of hydrogen-bond acceptors (Lipinski definition) is 1. The minimum Gasteiger partial charge on any atom is -0.303 e. The van der Waals surface area contributed by atoms with E-state index in [1.165, 1.54) is 0 Å². The van der Waals surface area contributed by atoms with E-state index >= 15 is 0 Å². The highest BCUT2D eigenvalue weighted by Crippen LogP contribution is 2.25. The Morgan fingerprint density at radius 2 is 2.08 bits per heavy atom. The van der Waals surface area contributed by atoms with Crippen LogP contribution in [0.25, 0.3) is 0 Å². The molecule has 4 heteroatoms. The van der Waals surface area contributed by atoms with Gasteiger partial charge in [0.2, 0.25) is 0 Å². The van der Waals surface area contributed by atoms with Crippen LogP contribution in [-0.2, 0) is 11.2 Å². The van der Waals surface area contributed by atoms with Crippen LogP contribution in [0, 0.1) is 5.82 Å². The van der Waals surface area contributed by atoms with E-state index in [0.717, 1.165) is 12.4 Å². The fourth-order valence-corrected chi connectivity index (χ4v) is 1.44. The van der Waals surface area contributed by atoms with E-state index in [1.807, 2.05) is 0 Å². The van der Waals surface area contributed by atoms with Crippen LogP contribution >= 0.6 is 23.2 Å². The Labute approximate surface area is 85.5 Å². The van der Waals surface area contributed by atoms with Gasteiger partial charge in [-0.1, -0.05) is 23.2 Å². The average molecular weight is 221 g/mol. The van der Waals surface area contributed by atoms with Crippen LogP contribution in [0.5, 0.6) is 0 Å². The zero-order valence-electron chi connectivity index (χ0n) is 6.69. The predicted molar refractivity (Wildman–Crippen MR) is 50.8 cm³/mol. The summed E-state index contributed by atoms with van der Waals surface area (Å²) < 4.78 is 13.0. The van der Waals surface area contributed by atoms with Gasteiger partial charge in [-0.2, -0.15) is 0 Å². The number of aryl methyl sites for hydroxylation is 1. The van der Waals surface area contributed by atoms with Crippen molar-refractivity contribution in [3.8, 4) is 0 Å². The van der Waals surface area contributed by atoms with Gasteiger partial charge in [0.1, 0.15) is 12.1 Å². The highest BCUT2D eigenvalue weighted by molar-refractivity contribution is 6.33. The van der Waals surface area contributed by atoms with E-state index in [4.69, 9.17) is 23.2 Å². The summed E-state index contributed by atoms with van der Waals surface area (Å²) in [6.07, 6.45) is 1.49. The van der Waals surface area contributed by atoms with Gasteiger partial charge in [-0.15, -0.1) is 0 Å². The van der Waals surface area contributed by atoms with E-state index in [9.17, 15) is 9.18 Å². The molecule has 0 bridgehead atoms. The Hall–Kier alpha value is -0.600. The first-order valence-corrected chi connectivity index (χ1v) is 4.48. The van der Waals surface area contributed by atoms with Crippen LogP contribution in [-0.4, -0.2) is 6.29 Å². The monoisotopic (exact) mass is 220 g/mol. The van der Waals surface area contributed by atoms with Crippen molar-refractivity contribution < 1.29 is 9.18 Å². The Kier molecular flexibility index (Phi) is 3.70. The number of halogens is 3. The maximum Gasteiger partial charge on any atom is 0.143 e. The highest BCUT2D eigenvalue weighted by atomic mass is 35.5. The van der Waals surface area contributed by atoms with Gasteiger partial charge < -0.3 is 4.79 Å². The molecule has 1 aromatic carbocycles. The molecule has 0 N–H and O–H groups in total. The van der Waals surface area contributed by atoms with E-state index in [1.54, 1.807) is 6.07 Å². The molecule has 0 fully saturated rings. The normalized spacial score (nSPS) is 10.1. The topological polar surface area (TPSA) is 17.1 Å². The van der Waals surface area contributed by atoms with Gasteiger partial charge in [0.15, 0.2) is 0 Å². The van der Waals surface area contributed by atoms with Crippen LogP contribution in [0.1, 0.15) is 12.0 Å². The van der Waals surface area contributed by atoms with Crippen molar-refractivity contribution in [3.05, 3.63) is 33.6 Å². The third-order valence-corrected chi connectivity index (χ3v) is 2.24. The summed E-state index contributed by atoms with van der Waals surface area (Å²) in [5.74, 6) is -0.546. The summed E-state index contributed by atoms with van der Waals surface area (Å²) in [6, 6.07) is 2.71. The van der Waals surface area contributed by atoms with Crippen LogP contribution in [0.4, 0.5) is 4.39 Å². The fraction of sp³-hybridized carbons (Fsp3) is 0.222. The van der Waals surface area contributed by atoms with Gasteiger partial charge in [0.25, 0.3) is 0 Å². The quantitative estimate of drug-likeness (QED) is 0.565. The Balaban J connectivity index is 2.98. The van der Waals surface area contributed by atoms with Crippen LogP contribution in [0.2, 0.25) is 10.0 Å². The molecule has 0 aliphatic heterocycles. The molecule has 70 valence electrons. The molecule has 13 heavy (non-hydrogen) atoms. The molecule has 0 aliphatic rings. The van der Waals surface area contributed by atoms with E-state index in [-0.39, 0.29) is 5.02 Å². The zero-order chi connectivity index (χ0) is 9.84. The largest absolute Gasteiger partial charge is 0.303 e. The number of hydrogen-bond donors (Lipinski definition) is 0. The first kappa shape index (κ1) is 10.5. The summed E-state index contributed by atoms with van der Waals surface area (Å²) in [6.45, 7) is 0. The molecule has 0 saturated carbocycles. The van der Waals surface area contributed by atoms with Crippen molar-refractivity contribution in [1.29, 1.82) is 0 Å². The molecular formula is C9H7Cl2FO. The number of benzene rings is 1. The Morgan fingerprint density at radius 3 is 2.69 bits per heavy atom. The van der Waals surface area contributed by atoms with Crippen molar-refractivity contribution in [3.63, 3.8) is 0 Å². The SMILES string of the molecule is O=CCCc1cc(Cl)cc(F)c1Cl. The smallest absolute Gasteiger partial charge is 0.143 e. The summed E-state index contributed by atoms with van der Waals surface area (Å²) in [7, 11) is 0. The molecule has 0 saturated heterocycles. The summed E-state index contributed by atoms with van der Waals surface area (Å²) >= 11 is 11.3. The van der Waals surface area contributed by atoms with Gasteiger partial charge in [-0.05, 0) is 24.1 Å².